The molecule has 184 valence electrons. The van der Waals surface area contributed by atoms with Crippen molar-refractivity contribution in [3.05, 3.63) is 77.9 Å². The van der Waals surface area contributed by atoms with E-state index in [1.165, 1.54) is 67.6 Å². The fraction of sp³-hybridized carbons (Fsp3) is 0.130. The second-order valence-electron chi connectivity index (χ2n) is 7.22. The Morgan fingerprint density at radius 2 is 1.63 bits per heavy atom. The van der Waals surface area contributed by atoms with Crippen LogP contribution < -0.4 is 15.2 Å². The number of halogens is 3. The molecule has 0 aliphatic heterocycles. The minimum Gasteiger partial charge on any atom is -0.461 e. The van der Waals surface area contributed by atoms with Crippen LogP contribution in [0.4, 0.5) is 18.9 Å². The molecule has 0 aromatic heterocycles. The van der Waals surface area contributed by atoms with Crippen LogP contribution in [0.5, 0.6) is 5.75 Å². The minimum absolute atomic E-state index is 0.0810. The maximum Gasteiger partial charge on any atom is 0.573 e. The van der Waals surface area contributed by atoms with Gasteiger partial charge in [-0.05, 0) is 53.6 Å². The van der Waals surface area contributed by atoms with Gasteiger partial charge >= 0.3 is 12.3 Å². The number of ether oxygens (including phenoxy) is 2. The van der Waals surface area contributed by atoms with Crippen molar-refractivity contribution in [2.24, 2.45) is 5.14 Å². The van der Waals surface area contributed by atoms with Crippen molar-refractivity contribution in [2.75, 3.05) is 5.32 Å². The van der Waals surface area contributed by atoms with E-state index in [2.05, 4.69) is 10.1 Å². The molecule has 35 heavy (non-hydrogen) atoms. The van der Waals surface area contributed by atoms with Crippen LogP contribution in [0.2, 0.25) is 0 Å². The van der Waals surface area contributed by atoms with Crippen LogP contribution in [-0.2, 0) is 26.2 Å². The summed E-state index contributed by atoms with van der Waals surface area (Å²) >= 11 is 0. The Morgan fingerprint density at radius 1 is 0.971 bits per heavy atom. The van der Waals surface area contributed by atoms with Gasteiger partial charge in [-0.25, -0.2) is 13.6 Å². The normalized spacial score (nSPS) is 11.6. The van der Waals surface area contributed by atoms with Crippen molar-refractivity contribution in [1.29, 1.82) is 0 Å². The standard InChI is InChI=1S/C23H19F3N2O6S/c1-14(29)33-13-16-12-15(22(30)28-17-7-9-18(10-8-17)35(27,31)32)6-11-19(16)20-4-2-3-5-21(20)34-23(24,25)26/h2-12H,13H2,1H3,(H,28,30)(H2,27,31,32). The summed E-state index contributed by atoms with van der Waals surface area (Å²) in [6.45, 7) is 0.858. The Balaban J connectivity index is 1.95. The highest BCUT2D eigenvalue weighted by Crippen LogP contribution is 2.36. The minimum atomic E-state index is -4.93. The summed E-state index contributed by atoms with van der Waals surface area (Å²) in [6, 6.07) is 14.7. The number of amides is 1. The average Bonchev–Trinajstić information content (AvgIpc) is 2.76. The first-order chi connectivity index (χ1) is 16.3. The van der Waals surface area contributed by atoms with Crippen molar-refractivity contribution in [2.45, 2.75) is 24.8 Å². The molecule has 3 N–H and O–H groups in total. The fourth-order valence-electron chi connectivity index (χ4n) is 3.13. The number of sulfonamides is 1. The fourth-order valence-corrected chi connectivity index (χ4v) is 3.65. The molecule has 0 aliphatic carbocycles. The van der Waals surface area contributed by atoms with E-state index in [0.29, 0.717) is 0 Å². The number of rotatable bonds is 7. The van der Waals surface area contributed by atoms with Crippen molar-refractivity contribution >= 4 is 27.6 Å². The van der Waals surface area contributed by atoms with E-state index in [1.807, 2.05) is 0 Å². The van der Waals surface area contributed by atoms with Crippen LogP contribution in [0.3, 0.4) is 0 Å². The summed E-state index contributed by atoms with van der Waals surface area (Å²) in [5.41, 5.74) is 0.992. The van der Waals surface area contributed by atoms with E-state index in [4.69, 9.17) is 9.88 Å². The lowest BCUT2D eigenvalue weighted by Gasteiger charge is -2.17. The molecule has 0 fully saturated rings. The van der Waals surface area contributed by atoms with Gasteiger partial charge in [-0.15, -0.1) is 13.2 Å². The molecule has 0 atom stereocenters. The lowest BCUT2D eigenvalue weighted by Crippen LogP contribution is -2.17. The van der Waals surface area contributed by atoms with Crippen molar-refractivity contribution in [3.63, 3.8) is 0 Å². The topological polar surface area (TPSA) is 125 Å². The van der Waals surface area contributed by atoms with Gasteiger partial charge < -0.3 is 14.8 Å². The van der Waals surface area contributed by atoms with Gasteiger partial charge in [-0.1, -0.05) is 24.3 Å². The van der Waals surface area contributed by atoms with E-state index < -0.39 is 34.0 Å². The third-order valence-corrected chi connectivity index (χ3v) is 5.57. The Bertz CT molecular complexity index is 1360. The van der Waals surface area contributed by atoms with Crippen molar-refractivity contribution in [1.82, 2.24) is 0 Å². The number of nitrogens with one attached hydrogen (secondary N) is 1. The molecule has 0 radical (unpaired) electrons. The molecule has 0 unspecified atom stereocenters. The molecule has 0 saturated carbocycles. The molecule has 3 rings (SSSR count). The highest BCUT2D eigenvalue weighted by atomic mass is 32.2. The number of carbonyl (C=O) groups excluding carboxylic acids is 2. The highest BCUT2D eigenvalue weighted by Gasteiger charge is 2.32. The second-order valence-corrected chi connectivity index (χ2v) is 8.78. The van der Waals surface area contributed by atoms with Gasteiger partial charge in [0.05, 0.1) is 4.90 Å². The number of primary sulfonamides is 1. The number of para-hydroxylation sites is 1. The number of esters is 1. The first kappa shape index (κ1) is 25.7. The first-order valence-corrected chi connectivity index (χ1v) is 11.4. The molecule has 0 heterocycles. The number of hydrogen-bond donors (Lipinski definition) is 2. The molecular formula is C23H19F3N2O6S. The SMILES string of the molecule is CC(=O)OCc1cc(C(=O)Nc2ccc(S(N)(=O)=O)cc2)ccc1-c1ccccc1OC(F)(F)F. The van der Waals surface area contributed by atoms with Crippen LogP contribution in [0.15, 0.2) is 71.6 Å². The maximum absolute atomic E-state index is 12.9. The quantitative estimate of drug-likeness (QED) is 0.461. The van der Waals surface area contributed by atoms with Gasteiger partial charge in [0.1, 0.15) is 12.4 Å². The molecule has 0 bridgehead atoms. The number of benzene rings is 3. The third-order valence-electron chi connectivity index (χ3n) is 4.64. The molecule has 0 saturated heterocycles. The average molecular weight is 508 g/mol. The summed E-state index contributed by atoms with van der Waals surface area (Å²) in [5, 5.41) is 7.62. The van der Waals surface area contributed by atoms with E-state index in [-0.39, 0.29) is 39.4 Å². The second kappa shape index (κ2) is 10.2. The Kier molecular flexibility index (Phi) is 7.46. The Morgan fingerprint density at radius 3 is 2.23 bits per heavy atom. The zero-order chi connectivity index (χ0) is 25.8. The largest absolute Gasteiger partial charge is 0.573 e. The van der Waals surface area contributed by atoms with Gasteiger partial charge in [0.2, 0.25) is 10.0 Å². The lowest BCUT2D eigenvalue weighted by atomic mass is 9.96. The molecule has 1 amide bonds. The van der Waals surface area contributed by atoms with Crippen molar-refractivity contribution < 1.29 is 40.7 Å². The van der Waals surface area contributed by atoms with Crippen LogP contribution >= 0.6 is 0 Å². The smallest absolute Gasteiger partial charge is 0.461 e. The van der Waals surface area contributed by atoms with Crippen LogP contribution in [-0.4, -0.2) is 26.7 Å². The molecule has 12 heteroatoms. The number of nitrogens with two attached hydrogens (primary N) is 1. The van der Waals surface area contributed by atoms with Gasteiger partial charge in [-0.3, -0.25) is 9.59 Å². The van der Waals surface area contributed by atoms with Crippen LogP contribution in [0.25, 0.3) is 11.1 Å². The van der Waals surface area contributed by atoms with Crippen molar-refractivity contribution in [3.8, 4) is 16.9 Å². The molecule has 3 aromatic carbocycles. The van der Waals surface area contributed by atoms with Gasteiger partial charge in [0.25, 0.3) is 5.91 Å². The summed E-state index contributed by atoms with van der Waals surface area (Å²) in [7, 11) is -3.90. The molecule has 8 nitrogen and oxygen atoms in total. The third kappa shape index (κ3) is 7.04. The number of anilines is 1. The summed E-state index contributed by atoms with van der Waals surface area (Å²) < 4.78 is 70.5. The van der Waals surface area contributed by atoms with E-state index >= 15 is 0 Å². The monoisotopic (exact) mass is 508 g/mol. The van der Waals surface area contributed by atoms with E-state index in [9.17, 15) is 31.2 Å². The first-order valence-electron chi connectivity index (χ1n) is 9.89. The number of hydrogen-bond acceptors (Lipinski definition) is 6. The zero-order valence-electron chi connectivity index (χ0n) is 18.1. The molecular weight excluding hydrogens is 489 g/mol. The van der Waals surface area contributed by atoms with Gasteiger partial charge in [-0.2, -0.15) is 0 Å². The summed E-state index contributed by atoms with van der Waals surface area (Å²) in [6.07, 6.45) is -4.93. The Labute approximate surface area is 198 Å². The molecule has 3 aromatic rings. The van der Waals surface area contributed by atoms with E-state index in [1.54, 1.807) is 0 Å². The zero-order valence-corrected chi connectivity index (χ0v) is 18.9. The highest BCUT2D eigenvalue weighted by molar-refractivity contribution is 7.89. The predicted octanol–water partition coefficient (Wildman–Crippen LogP) is 4.22. The van der Waals surface area contributed by atoms with Crippen LogP contribution in [0, 0.1) is 0 Å². The Hall–Kier alpha value is -3.90. The molecule has 0 spiro atoms. The maximum atomic E-state index is 12.9. The van der Waals surface area contributed by atoms with Gasteiger partial charge in [0.15, 0.2) is 0 Å². The number of carbonyl (C=O) groups is 2. The lowest BCUT2D eigenvalue weighted by molar-refractivity contribution is -0.274. The van der Waals surface area contributed by atoms with Gasteiger partial charge in [0, 0.05) is 23.7 Å². The summed E-state index contributed by atoms with van der Waals surface area (Å²) in [5.74, 6) is -1.68. The number of alkyl halides is 3. The van der Waals surface area contributed by atoms with E-state index in [0.717, 1.165) is 6.07 Å². The summed E-state index contributed by atoms with van der Waals surface area (Å²) in [4.78, 5) is 24.0. The molecule has 0 aliphatic rings. The van der Waals surface area contributed by atoms with Crippen LogP contribution in [0.1, 0.15) is 22.8 Å². The predicted molar refractivity (Wildman–Crippen MR) is 120 cm³/mol.